The number of unbranched alkanes of at least 4 members (excludes halogenated alkanes) is 40. The molecule has 0 amide bonds. The van der Waals surface area contributed by atoms with E-state index in [1.54, 1.807) is 0 Å². The van der Waals surface area contributed by atoms with Gasteiger partial charge in [-0.3, -0.25) is 14.2 Å². The second kappa shape index (κ2) is 81.0. The van der Waals surface area contributed by atoms with Gasteiger partial charge in [-0.2, -0.15) is 0 Å². The first kappa shape index (κ1) is 97.9. The molecular formula is C92H160NO8P. The minimum Gasteiger partial charge on any atom is -0.756 e. The van der Waals surface area contributed by atoms with Crippen LogP contribution >= 0.6 is 7.82 Å². The summed E-state index contributed by atoms with van der Waals surface area (Å²) in [6.45, 7) is 4.11. The van der Waals surface area contributed by atoms with Crippen molar-refractivity contribution < 1.29 is 42.1 Å². The molecule has 586 valence electrons. The number of nitrogens with zero attached hydrogens (tertiary/aromatic N) is 1. The van der Waals surface area contributed by atoms with Gasteiger partial charge in [0.2, 0.25) is 0 Å². The van der Waals surface area contributed by atoms with Crippen molar-refractivity contribution in [2.75, 3.05) is 47.5 Å². The van der Waals surface area contributed by atoms with Crippen molar-refractivity contribution in [2.45, 2.75) is 380 Å². The lowest BCUT2D eigenvalue weighted by atomic mass is 10.0. The average molecular weight is 1440 g/mol. The number of carbonyl (C=O) groups is 2. The third-order valence-electron chi connectivity index (χ3n) is 18.3. The van der Waals surface area contributed by atoms with E-state index < -0.39 is 26.5 Å². The van der Waals surface area contributed by atoms with Crippen LogP contribution in [0.5, 0.6) is 0 Å². The molecule has 102 heavy (non-hydrogen) atoms. The quantitative estimate of drug-likeness (QED) is 0.0195. The summed E-state index contributed by atoms with van der Waals surface area (Å²) >= 11 is 0. The van der Waals surface area contributed by atoms with Crippen LogP contribution in [0.2, 0.25) is 0 Å². The topological polar surface area (TPSA) is 111 Å². The van der Waals surface area contributed by atoms with Crippen molar-refractivity contribution in [3.8, 4) is 0 Å². The molecule has 0 spiro atoms. The van der Waals surface area contributed by atoms with Crippen LogP contribution in [0.25, 0.3) is 0 Å². The minimum absolute atomic E-state index is 0.0434. The Bertz CT molecular complexity index is 2240. The Labute approximate surface area is 631 Å². The summed E-state index contributed by atoms with van der Waals surface area (Å²) in [6.07, 6.45) is 120. The molecule has 0 rings (SSSR count). The van der Waals surface area contributed by atoms with Gasteiger partial charge in [-0.05, 0) is 122 Å². The van der Waals surface area contributed by atoms with Crippen LogP contribution in [0, 0.1) is 0 Å². The summed E-state index contributed by atoms with van der Waals surface area (Å²) in [5.74, 6) is -0.868. The molecule has 2 unspecified atom stereocenters. The van der Waals surface area contributed by atoms with Gasteiger partial charge >= 0.3 is 11.9 Å². The van der Waals surface area contributed by atoms with Gasteiger partial charge in [-0.15, -0.1) is 0 Å². The Balaban J connectivity index is 4.01. The highest BCUT2D eigenvalue weighted by atomic mass is 31.2. The standard InChI is InChI=1S/C92H160NO8P/c1-6-8-10-12-14-16-18-20-22-24-26-28-30-32-34-36-38-40-42-44-45-46-47-49-50-52-54-56-58-60-62-64-66-68-70-72-74-76-78-80-82-84-91(94)98-88-90(89-100-102(96,97)99-87-86-93(3,4)5)101-92(95)85-83-81-79-77-75-73-71-69-67-65-63-61-59-57-55-53-51-48-43-41-39-37-35-33-31-29-27-25-23-21-19-17-15-13-11-9-7-2/h9,11,15,17,21,23-24,26-27,29,33,35,39,41,48,51,55,57,61,63,67,69,73,75,90H,6-8,10,12-14,16,18-20,22,25,28,30-32,34,36-38,40,42-47,49-50,52-54,56,58-60,62,64-66,68,70-72,74,76-89H2,1-5H3/b11-9-,17-15-,23-21-,26-24-,29-27-,35-33-,41-39-,51-48-,57-55-,63-61-,69-67-,75-73-. The molecule has 0 aliphatic rings. The van der Waals surface area contributed by atoms with Crippen molar-refractivity contribution in [1.29, 1.82) is 0 Å². The number of esters is 2. The third-order valence-corrected chi connectivity index (χ3v) is 19.3. The first-order chi connectivity index (χ1) is 50.0. The van der Waals surface area contributed by atoms with Crippen LogP contribution in [0.3, 0.4) is 0 Å². The fourth-order valence-corrected chi connectivity index (χ4v) is 12.6. The van der Waals surface area contributed by atoms with E-state index in [1.807, 2.05) is 21.1 Å². The van der Waals surface area contributed by atoms with Crippen molar-refractivity contribution in [1.82, 2.24) is 0 Å². The van der Waals surface area contributed by atoms with E-state index >= 15 is 0 Å². The maximum Gasteiger partial charge on any atom is 0.306 e. The fourth-order valence-electron chi connectivity index (χ4n) is 11.9. The third kappa shape index (κ3) is 84.8. The zero-order chi connectivity index (χ0) is 74.0. The molecule has 0 radical (unpaired) electrons. The molecule has 0 bridgehead atoms. The molecule has 0 aromatic heterocycles. The number of phosphoric ester groups is 1. The molecule has 0 N–H and O–H groups in total. The Morgan fingerprint density at radius 1 is 0.314 bits per heavy atom. The zero-order valence-corrected chi connectivity index (χ0v) is 67.9. The van der Waals surface area contributed by atoms with Gasteiger partial charge in [0.15, 0.2) is 6.10 Å². The monoisotopic (exact) mass is 1440 g/mol. The predicted octanol–water partition coefficient (Wildman–Crippen LogP) is 28.2. The number of allylic oxidation sites excluding steroid dienone is 24. The van der Waals surface area contributed by atoms with Crippen LogP contribution in [-0.4, -0.2) is 70.0 Å². The van der Waals surface area contributed by atoms with Gasteiger partial charge in [-0.25, -0.2) is 0 Å². The van der Waals surface area contributed by atoms with Gasteiger partial charge < -0.3 is 27.9 Å². The number of phosphoric acid groups is 1. The van der Waals surface area contributed by atoms with Crippen molar-refractivity contribution in [3.05, 3.63) is 146 Å². The lowest BCUT2D eigenvalue weighted by Gasteiger charge is -2.28. The summed E-state index contributed by atoms with van der Waals surface area (Å²) in [6, 6.07) is 0. The molecule has 0 aromatic rings. The van der Waals surface area contributed by atoms with E-state index in [9.17, 15) is 19.0 Å². The number of quaternary nitrogens is 1. The smallest absolute Gasteiger partial charge is 0.306 e. The molecule has 0 aliphatic heterocycles. The highest BCUT2D eigenvalue weighted by Crippen LogP contribution is 2.38. The van der Waals surface area contributed by atoms with Crippen LogP contribution in [0.1, 0.15) is 373 Å². The fraction of sp³-hybridized carbons (Fsp3) is 0.717. The Kier molecular flexibility index (Phi) is 77.7. The van der Waals surface area contributed by atoms with E-state index in [4.69, 9.17) is 18.5 Å². The predicted molar refractivity (Wildman–Crippen MR) is 443 cm³/mol. The average Bonchev–Trinajstić information content (AvgIpc) is 0.913. The van der Waals surface area contributed by atoms with Crippen molar-refractivity contribution in [3.63, 3.8) is 0 Å². The highest BCUT2D eigenvalue weighted by Gasteiger charge is 2.22. The van der Waals surface area contributed by atoms with Gasteiger partial charge in [-0.1, -0.05) is 384 Å². The maximum atomic E-state index is 12.9. The molecular weight excluding hydrogens is 1280 g/mol. The number of hydrogen-bond acceptors (Lipinski definition) is 8. The SMILES string of the molecule is CC/C=C\C/C=C\C/C=C\C/C=C\C/C=C\C/C=C\C/C=C\C/C=C\C/C=C\C/C=C\C/C=C\CCCCCC(=O)OC(COC(=O)CCCCCCCCCCCCCCCCCCCCCCCCCCCCCCC/C=C\CCCCCCCCCC)COP(=O)([O-])OCC[N+](C)(C)C. The highest BCUT2D eigenvalue weighted by molar-refractivity contribution is 7.45. The Morgan fingerprint density at radius 2 is 0.559 bits per heavy atom. The second-order valence-electron chi connectivity index (χ2n) is 29.5. The molecule has 9 nitrogen and oxygen atoms in total. The molecule has 10 heteroatoms. The van der Waals surface area contributed by atoms with E-state index in [2.05, 4.69) is 160 Å². The Morgan fingerprint density at radius 3 is 0.853 bits per heavy atom. The van der Waals surface area contributed by atoms with Crippen LogP contribution in [-0.2, 0) is 32.7 Å². The van der Waals surface area contributed by atoms with Crippen LogP contribution < -0.4 is 4.89 Å². The summed E-state index contributed by atoms with van der Waals surface area (Å²) < 4.78 is 34.4. The van der Waals surface area contributed by atoms with Crippen LogP contribution in [0.4, 0.5) is 0 Å². The molecule has 0 fully saturated rings. The number of ether oxygens (including phenoxy) is 2. The summed E-state index contributed by atoms with van der Waals surface area (Å²) in [5.41, 5.74) is 0. The van der Waals surface area contributed by atoms with E-state index in [0.717, 1.165) is 109 Å². The summed E-state index contributed by atoms with van der Waals surface area (Å²) in [5, 5.41) is 0. The maximum absolute atomic E-state index is 12.9. The normalized spacial score (nSPS) is 13.7. The molecule has 0 aromatic carbocycles. The van der Waals surface area contributed by atoms with Gasteiger partial charge in [0.1, 0.15) is 19.8 Å². The lowest BCUT2D eigenvalue weighted by molar-refractivity contribution is -0.870. The second-order valence-corrected chi connectivity index (χ2v) is 30.9. The first-order valence-electron chi connectivity index (χ1n) is 42.5. The van der Waals surface area contributed by atoms with Crippen molar-refractivity contribution in [2.24, 2.45) is 0 Å². The van der Waals surface area contributed by atoms with Crippen LogP contribution in [0.15, 0.2) is 146 Å². The molecule has 2 atom stereocenters. The summed E-state index contributed by atoms with van der Waals surface area (Å²) in [4.78, 5) is 38.2. The minimum atomic E-state index is -4.67. The molecule has 0 saturated heterocycles. The molecule has 0 aliphatic carbocycles. The lowest BCUT2D eigenvalue weighted by Crippen LogP contribution is -2.37. The van der Waals surface area contributed by atoms with E-state index in [1.165, 1.54) is 231 Å². The number of rotatable bonds is 78. The van der Waals surface area contributed by atoms with Gasteiger partial charge in [0.25, 0.3) is 7.82 Å². The van der Waals surface area contributed by atoms with Gasteiger partial charge in [0.05, 0.1) is 27.7 Å². The van der Waals surface area contributed by atoms with E-state index in [-0.39, 0.29) is 32.0 Å². The molecule has 0 heterocycles. The summed E-state index contributed by atoms with van der Waals surface area (Å²) in [7, 11) is 1.14. The largest absolute Gasteiger partial charge is 0.756 e. The number of likely N-dealkylation sites (N-methyl/N-ethyl adjacent to an activating group) is 1. The number of hydrogen-bond donors (Lipinski definition) is 0. The van der Waals surface area contributed by atoms with Gasteiger partial charge in [0, 0.05) is 12.8 Å². The zero-order valence-electron chi connectivity index (χ0n) is 67.0. The first-order valence-corrected chi connectivity index (χ1v) is 44.0. The molecule has 0 saturated carbocycles. The van der Waals surface area contributed by atoms with E-state index in [0.29, 0.717) is 17.4 Å². The van der Waals surface area contributed by atoms with Crippen molar-refractivity contribution >= 4 is 19.8 Å². The number of carbonyl (C=O) groups excluding carboxylic acids is 2. The Hall–Kier alpha value is -4.11.